The molecule has 2 aromatic rings. The van der Waals surface area contributed by atoms with Gasteiger partial charge in [-0.05, 0) is 39.3 Å². The molecule has 0 radical (unpaired) electrons. The highest BCUT2D eigenvalue weighted by atomic mass is 16.5. The maximum absolute atomic E-state index is 12.6. The number of benzene rings is 1. The normalized spacial score (nSPS) is 14.6. The first-order valence-corrected chi connectivity index (χ1v) is 9.26. The van der Waals surface area contributed by atoms with Crippen LogP contribution in [0.5, 0.6) is 5.75 Å². The molecule has 3 rings (SSSR count). The third-order valence-corrected chi connectivity index (χ3v) is 4.91. The van der Waals surface area contributed by atoms with Crippen molar-refractivity contribution in [2.24, 2.45) is 0 Å². The fourth-order valence-corrected chi connectivity index (χ4v) is 3.44. The number of aromatic nitrogens is 1. The van der Waals surface area contributed by atoms with E-state index in [9.17, 15) is 4.79 Å². The molecule has 26 heavy (non-hydrogen) atoms. The minimum atomic E-state index is 0.197. The van der Waals surface area contributed by atoms with Gasteiger partial charge in [-0.15, -0.1) is 0 Å². The summed E-state index contributed by atoms with van der Waals surface area (Å²) >= 11 is 0. The van der Waals surface area contributed by atoms with Crippen molar-refractivity contribution in [2.45, 2.75) is 33.6 Å². The van der Waals surface area contributed by atoms with E-state index in [1.807, 2.05) is 43.9 Å². The molecule has 0 unspecified atom stereocenters. The molecule has 0 aliphatic carbocycles. The summed E-state index contributed by atoms with van der Waals surface area (Å²) in [6.07, 6.45) is 1.19. The largest absolute Gasteiger partial charge is 0.492 e. The Labute approximate surface area is 154 Å². The van der Waals surface area contributed by atoms with E-state index < -0.39 is 0 Å². The minimum Gasteiger partial charge on any atom is -0.492 e. The Balaban J connectivity index is 1.54. The monoisotopic (exact) mass is 357 g/mol. The summed E-state index contributed by atoms with van der Waals surface area (Å²) in [6.45, 7) is 9.58. The van der Waals surface area contributed by atoms with E-state index >= 15 is 0 Å². The van der Waals surface area contributed by atoms with Crippen LogP contribution >= 0.6 is 0 Å². The number of hydrogen-bond donors (Lipinski definition) is 0. The first kappa shape index (κ1) is 18.3. The van der Waals surface area contributed by atoms with Crippen molar-refractivity contribution in [3.05, 3.63) is 41.3 Å². The van der Waals surface area contributed by atoms with Gasteiger partial charge in [0, 0.05) is 38.2 Å². The number of carbonyl (C=O) groups is 1. The van der Waals surface area contributed by atoms with Crippen LogP contribution in [0.4, 0.5) is 5.69 Å². The van der Waals surface area contributed by atoms with Crippen LogP contribution in [0.1, 0.15) is 30.4 Å². The number of carbonyl (C=O) groups excluding carboxylic acids is 1. The number of piperazine rings is 1. The Morgan fingerprint density at radius 2 is 1.92 bits per heavy atom. The number of ether oxygens (including phenoxy) is 1. The lowest BCUT2D eigenvalue weighted by Crippen LogP contribution is -2.49. The molecule has 0 atom stereocenters. The van der Waals surface area contributed by atoms with Gasteiger partial charge in [0.2, 0.25) is 5.91 Å². The van der Waals surface area contributed by atoms with Gasteiger partial charge in [-0.2, -0.15) is 0 Å². The Hall–Kier alpha value is -2.50. The summed E-state index contributed by atoms with van der Waals surface area (Å²) in [5.74, 6) is 1.92. The van der Waals surface area contributed by atoms with Crippen LogP contribution in [0.25, 0.3) is 0 Å². The van der Waals surface area contributed by atoms with Crippen LogP contribution in [0.2, 0.25) is 0 Å². The van der Waals surface area contributed by atoms with Crippen molar-refractivity contribution in [1.82, 2.24) is 10.1 Å². The van der Waals surface area contributed by atoms with Gasteiger partial charge in [0.1, 0.15) is 11.5 Å². The van der Waals surface area contributed by atoms with Crippen molar-refractivity contribution in [3.8, 4) is 5.75 Å². The molecule has 1 fully saturated rings. The predicted molar refractivity (Wildman–Crippen MR) is 101 cm³/mol. The highest BCUT2D eigenvalue weighted by Crippen LogP contribution is 2.29. The lowest BCUT2D eigenvalue weighted by Gasteiger charge is -2.36. The summed E-state index contributed by atoms with van der Waals surface area (Å²) in [7, 11) is 0. The number of amides is 1. The maximum atomic E-state index is 12.6. The van der Waals surface area contributed by atoms with Crippen molar-refractivity contribution >= 4 is 11.6 Å². The van der Waals surface area contributed by atoms with Gasteiger partial charge in [0.05, 0.1) is 18.0 Å². The van der Waals surface area contributed by atoms with E-state index in [1.165, 1.54) is 0 Å². The smallest absolute Gasteiger partial charge is 0.223 e. The van der Waals surface area contributed by atoms with Crippen LogP contribution in [-0.4, -0.2) is 48.7 Å². The third kappa shape index (κ3) is 4.00. The van der Waals surface area contributed by atoms with Gasteiger partial charge in [-0.1, -0.05) is 17.3 Å². The van der Waals surface area contributed by atoms with E-state index in [0.717, 1.165) is 54.6 Å². The molecule has 0 spiro atoms. The summed E-state index contributed by atoms with van der Waals surface area (Å²) in [6, 6.07) is 8.10. The number of para-hydroxylation sites is 2. The van der Waals surface area contributed by atoms with Crippen LogP contribution in [0, 0.1) is 13.8 Å². The molecule has 1 saturated heterocycles. The standard InChI is InChI=1S/C20H27N3O3/c1-4-25-19-8-6-5-7-18(19)22-11-13-23(14-12-22)20(24)10-9-17-15(2)21-26-16(17)3/h5-8H,4,9-14H2,1-3H3. The number of aryl methyl sites for hydroxylation is 2. The average molecular weight is 357 g/mol. The van der Waals surface area contributed by atoms with E-state index in [0.29, 0.717) is 19.4 Å². The average Bonchev–Trinajstić information content (AvgIpc) is 2.98. The fraction of sp³-hybridized carbons (Fsp3) is 0.500. The molecule has 1 amide bonds. The van der Waals surface area contributed by atoms with Gasteiger partial charge in [-0.3, -0.25) is 4.79 Å². The van der Waals surface area contributed by atoms with Crippen molar-refractivity contribution in [1.29, 1.82) is 0 Å². The first-order chi connectivity index (χ1) is 12.6. The van der Waals surface area contributed by atoms with Gasteiger partial charge >= 0.3 is 0 Å². The van der Waals surface area contributed by atoms with E-state index in [2.05, 4.69) is 16.1 Å². The molecule has 140 valence electrons. The van der Waals surface area contributed by atoms with Crippen LogP contribution < -0.4 is 9.64 Å². The minimum absolute atomic E-state index is 0.197. The number of nitrogens with zero attached hydrogens (tertiary/aromatic N) is 3. The lowest BCUT2D eigenvalue weighted by molar-refractivity contribution is -0.131. The van der Waals surface area contributed by atoms with Crippen molar-refractivity contribution in [3.63, 3.8) is 0 Å². The summed E-state index contributed by atoms with van der Waals surface area (Å²) in [5, 5.41) is 3.96. The zero-order chi connectivity index (χ0) is 18.5. The number of hydrogen-bond acceptors (Lipinski definition) is 5. The molecule has 0 bridgehead atoms. The molecule has 1 aliphatic rings. The molecule has 1 aliphatic heterocycles. The Morgan fingerprint density at radius 1 is 1.19 bits per heavy atom. The molecule has 6 heteroatoms. The highest BCUT2D eigenvalue weighted by Gasteiger charge is 2.23. The number of anilines is 1. The molecular formula is C20H27N3O3. The molecule has 1 aromatic heterocycles. The van der Waals surface area contributed by atoms with E-state index in [-0.39, 0.29) is 5.91 Å². The van der Waals surface area contributed by atoms with Gasteiger partial charge in [0.25, 0.3) is 0 Å². The molecule has 6 nitrogen and oxygen atoms in total. The summed E-state index contributed by atoms with van der Waals surface area (Å²) < 4.78 is 10.9. The van der Waals surface area contributed by atoms with Gasteiger partial charge in [0.15, 0.2) is 0 Å². The van der Waals surface area contributed by atoms with Gasteiger partial charge < -0.3 is 19.1 Å². The van der Waals surface area contributed by atoms with Crippen LogP contribution in [-0.2, 0) is 11.2 Å². The fourth-order valence-electron chi connectivity index (χ4n) is 3.44. The molecule has 0 saturated carbocycles. The zero-order valence-electron chi connectivity index (χ0n) is 15.8. The SMILES string of the molecule is CCOc1ccccc1N1CCN(C(=O)CCc2c(C)noc2C)CC1. The highest BCUT2D eigenvalue weighted by molar-refractivity contribution is 5.77. The lowest BCUT2D eigenvalue weighted by atomic mass is 10.1. The molecule has 0 N–H and O–H groups in total. The summed E-state index contributed by atoms with van der Waals surface area (Å²) in [4.78, 5) is 16.8. The molecular weight excluding hydrogens is 330 g/mol. The first-order valence-electron chi connectivity index (χ1n) is 9.26. The van der Waals surface area contributed by atoms with Crippen LogP contribution in [0.15, 0.2) is 28.8 Å². The van der Waals surface area contributed by atoms with E-state index in [4.69, 9.17) is 9.26 Å². The topological polar surface area (TPSA) is 58.8 Å². The van der Waals surface area contributed by atoms with Gasteiger partial charge in [-0.25, -0.2) is 0 Å². The maximum Gasteiger partial charge on any atom is 0.223 e. The second kappa shape index (κ2) is 8.25. The third-order valence-electron chi connectivity index (χ3n) is 4.91. The van der Waals surface area contributed by atoms with Crippen LogP contribution in [0.3, 0.4) is 0 Å². The molecule has 2 heterocycles. The Kier molecular flexibility index (Phi) is 5.81. The number of rotatable bonds is 6. The second-order valence-corrected chi connectivity index (χ2v) is 6.57. The van der Waals surface area contributed by atoms with E-state index in [1.54, 1.807) is 0 Å². The quantitative estimate of drug-likeness (QED) is 0.795. The second-order valence-electron chi connectivity index (χ2n) is 6.57. The van der Waals surface area contributed by atoms with Crippen molar-refractivity contribution < 1.29 is 14.1 Å². The summed E-state index contributed by atoms with van der Waals surface area (Å²) in [5.41, 5.74) is 3.05. The Bertz CT molecular complexity index is 729. The molecule has 1 aromatic carbocycles. The Morgan fingerprint density at radius 3 is 2.58 bits per heavy atom. The zero-order valence-corrected chi connectivity index (χ0v) is 15.8. The predicted octanol–water partition coefficient (Wildman–Crippen LogP) is 2.97. The van der Waals surface area contributed by atoms with Crippen molar-refractivity contribution in [2.75, 3.05) is 37.7 Å².